The summed E-state index contributed by atoms with van der Waals surface area (Å²) in [4.78, 5) is 4.16. The highest BCUT2D eigenvalue weighted by atomic mass is 32.1. The Morgan fingerprint density at radius 3 is 2.93 bits per heavy atom. The summed E-state index contributed by atoms with van der Waals surface area (Å²) in [6.45, 7) is 0. The molecule has 1 aliphatic heterocycles. The van der Waals surface area contributed by atoms with E-state index in [2.05, 4.69) is 10.1 Å². The highest BCUT2D eigenvalue weighted by molar-refractivity contribution is 7.09. The van der Waals surface area contributed by atoms with Crippen LogP contribution in [0, 0.1) is 0 Å². The smallest absolute Gasteiger partial charge is 0.427 e. The van der Waals surface area contributed by atoms with Crippen LogP contribution >= 0.6 is 11.3 Å². The van der Waals surface area contributed by atoms with Gasteiger partial charge < -0.3 is 10.0 Å². The fourth-order valence-corrected chi connectivity index (χ4v) is 2.36. The Labute approximate surface area is 85.9 Å². The van der Waals surface area contributed by atoms with Crippen LogP contribution in [0.25, 0.3) is 0 Å². The van der Waals surface area contributed by atoms with Gasteiger partial charge in [-0.15, -0.1) is 11.3 Å². The van der Waals surface area contributed by atoms with Crippen molar-refractivity contribution in [3.05, 3.63) is 16.6 Å². The summed E-state index contributed by atoms with van der Waals surface area (Å²) in [6, 6.07) is -0.157. The second-order valence-corrected chi connectivity index (χ2v) is 4.07. The summed E-state index contributed by atoms with van der Waals surface area (Å²) in [5.74, 6) is -0.397. The summed E-state index contributed by atoms with van der Waals surface area (Å²) in [5, 5.41) is 26.7. The molecule has 0 saturated heterocycles. The normalized spacial score (nSPS) is 25.8. The largest absolute Gasteiger partial charge is 0.463 e. The van der Waals surface area contributed by atoms with E-state index in [0.29, 0.717) is 0 Å². The van der Waals surface area contributed by atoms with Crippen molar-refractivity contribution in [2.75, 3.05) is 7.05 Å². The number of hydrogen-bond acceptors (Lipinski definition) is 6. The standard InChI is InChI=1S/C7H10BN3O2S/c1-11-6(7-9-2-3-14-7)5(4-10-11)8(12)13/h2-6,12-13H,1H3. The molecule has 5 nitrogen and oxygen atoms in total. The molecule has 0 spiro atoms. The van der Waals surface area contributed by atoms with Gasteiger partial charge in [-0.1, -0.05) is 0 Å². The zero-order chi connectivity index (χ0) is 10.1. The Hall–Kier alpha value is -0.915. The van der Waals surface area contributed by atoms with Gasteiger partial charge in [-0.05, 0) is 0 Å². The van der Waals surface area contributed by atoms with Crippen LogP contribution < -0.4 is 0 Å². The lowest BCUT2D eigenvalue weighted by atomic mass is 9.70. The third-order valence-corrected chi connectivity index (χ3v) is 3.08. The van der Waals surface area contributed by atoms with Crippen LogP contribution in [-0.4, -0.2) is 40.4 Å². The minimum Gasteiger partial charge on any atom is -0.427 e. The van der Waals surface area contributed by atoms with Crippen molar-refractivity contribution in [2.45, 2.75) is 11.9 Å². The fourth-order valence-electron chi connectivity index (χ4n) is 1.53. The molecule has 1 aromatic heterocycles. The quantitative estimate of drug-likeness (QED) is 0.673. The molecule has 1 aromatic rings. The van der Waals surface area contributed by atoms with Gasteiger partial charge in [0.2, 0.25) is 0 Å². The van der Waals surface area contributed by atoms with Crippen LogP contribution in [-0.2, 0) is 0 Å². The van der Waals surface area contributed by atoms with Crippen molar-refractivity contribution >= 4 is 24.7 Å². The van der Waals surface area contributed by atoms with Crippen molar-refractivity contribution < 1.29 is 10.0 Å². The van der Waals surface area contributed by atoms with Crippen LogP contribution in [0.3, 0.4) is 0 Å². The van der Waals surface area contributed by atoms with Crippen molar-refractivity contribution in [1.82, 2.24) is 9.99 Å². The van der Waals surface area contributed by atoms with E-state index >= 15 is 0 Å². The number of aromatic nitrogens is 1. The number of nitrogens with zero attached hydrogens (tertiary/aromatic N) is 3. The Kier molecular flexibility index (Phi) is 2.53. The first-order chi connectivity index (χ1) is 6.70. The average Bonchev–Trinajstić information content (AvgIpc) is 2.71. The third-order valence-electron chi connectivity index (χ3n) is 2.24. The molecule has 0 aliphatic carbocycles. The molecular weight excluding hydrogens is 201 g/mol. The maximum atomic E-state index is 9.15. The van der Waals surface area contributed by atoms with Crippen LogP contribution in [0.1, 0.15) is 11.0 Å². The minimum atomic E-state index is -1.39. The van der Waals surface area contributed by atoms with E-state index in [-0.39, 0.29) is 6.04 Å². The first-order valence-corrected chi connectivity index (χ1v) is 5.10. The molecule has 2 unspecified atom stereocenters. The summed E-state index contributed by atoms with van der Waals surface area (Å²) in [6.07, 6.45) is 3.25. The minimum absolute atomic E-state index is 0.157. The molecule has 2 atom stereocenters. The van der Waals surface area contributed by atoms with Gasteiger partial charge in [0.1, 0.15) is 11.0 Å². The number of rotatable bonds is 2. The molecule has 2 heterocycles. The van der Waals surface area contributed by atoms with Gasteiger partial charge in [-0.2, -0.15) is 5.10 Å². The van der Waals surface area contributed by atoms with Crippen LogP contribution in [0.2, 0.25) is 5.82 Å². The van der Waals surface area contributed by atoms with Gasteiger partial charge in [-0.3, -0.25) is 5.01 Å². The van der Waals surface area contributed by atoms with Crippen LogP contribution in [0.4, 0.5) is 0 Å². The third kappa shape index (κ3) is 1.54. The summed E-state index contributed by atoms with van der Waals surface area (Å²) < 4.78 is 0. The topological polar surface area (TPSA) is 69.0 Å². The van der Waals surface area contributed by atoms with E-state index in [1.165, 1.54) is 11.3 Å². The summed E-state index contributed by atoms with van der Waals surface area (Å²) in [7, 11) is 0.405. The van der Waals surface area contributed by atoms with Crippen molar-refractivity contribution in [1.29, 1.82) is 0 Å². The van der Waals surface area contributed by atoms with Gasteiger partial charge in [0.15, 0.2) is 0 Å². The maximum absolute atomic E-state index is 9.15. The monoisotopic (exact) mass is 211 g/mol. The average molecular weight is 211 g/mol. The predicted octanol–water partition coefficient (Wildman–Crippen LogP) is -0.0416. The molecule has 2 N–H and O–H groups in total. The molecule has 0 radical (unpaired) electrons. The van der Waals surface area contributed by atoms with Gasteiger partial charge in [0.25, 0.3) is 0 Å². The molecule has 74 valence electrons. The zero-order valence-electron chi connectivity index (χ0n) is 7.61. The second-order valence-electron chi connectivity index (χ2n) is 3.14. The lowest BCUT2D eigenvalue weighted by Crippen LogP contribution is -2.28. The van der Waals surface area contributed by atoms with E-state index in [0.717, 1.165) is 5.01 Å². The molecule has 14 heavy (non-hydrogen) atoms. The molecule has 0 amide bonds. The van der Waals surface area contributed by atoms with Gasteiger partial charge in [0, 0.05) is 24.8 Å². The van der Waals surface area contributed by atoms with E-state index in [1.54, 1.807) is 24.5 Å². The lowest BCUT2D eigenvalue weighted by Gasteiger charge is -2.21. The van der Waals surface area contributed by atoms with E-state index in [9.17, 15) is 0 Å². The highest BCUT2D eigenvalue weighted by Crippen LogP contribution is 2.36. The Morgan fingerprint density at radius 1 is 1.57 bits per heavy atom. The Bertz CT molecular complexity index is 330. The zero-order valence-corrected chi connectivity index (χ0v) is 8.42. The van der Waals surface area contributed by atoms with E-state index in [1.807, 2.05) is 5.38 Å². The molecule has 0 bridgehead atoms. The molecule has 2 rings (SSSR count). The SMILES string of the molecule is CN1N=CC(B(O)O)C1c1nccs1. The number of thiazole rings is 1. The first-order valence-electron chi connectivity index (χ1n) is 4.22. The van der Waals surface area contributed by atoms with Gasteiger partial charge >= 0.3 is 7.12 Å². The number of hydrogen-bond donors (Lipinski definition) is 2. The first kappa shape index (κ1) is 9.63. The molecule has 7 heteroatoms. The Morgan fingerprint density at radius 2 is 2.36 bits per heavy atom. The maximum Gasteiger partial charge on any atom is 0.463 e. The second kappa shape index (κ2) is 3.68. The number of hydrazone groups is 1. The molecular formula is C7H10BN3O2S. The molecule has 0 fully saturated rings. The van der Waals surface area contributed by atoms with Crippen molar-refractivity contribution in [3.63, 3.8) is 0 Å². The molecule has 0 aromatic carbocycles. The molecule has 1 aliphatic rings. The van der Waals surface area contributed by atoms with Crippen molar-refractivity contribution in [3.8, 4) is 0 Å². The van der Waals surface area contributed by atoms with E-state index in [4.69, 9.17) is 10.0 Å². The van der Waals surface area contributed by atoms with Gasteiger partial charge in [0.05, 0.1) is 5.82 Å². The van der Waals surface area contributed by atoms with Crippen LogP contribution in [0.15, 0.2) is 16.7 Å². The predicted molar refractivity (Wildman–Crippen MR) is 55.1 cm³/mol. The summed E-state index contributed by atoms with van der Waals surface area (Å²) >= 11 is 1.49. The van der Waals surface area contributed by atoms with Gasteiger partial charge in [-0.25, -0.2) is 4.98 Å². The van der Waals surface area contributed by atoms with Crippen molar-refractivity contribution in [2.24, 2.45) is 5.10 Å². The van der Waals surface area contributed by atoms with E-state index < -0.39 is 12.9 Å². The highest BCUT2D eigenvalue weighted by Gasteiger charge is 2.39. The fraction of sp³-hybridized carbons (Fsp3) is 0.429. The summed E-state index contributed by atoms with van der Waals surface area (Å²) in [5.41, 5.74) is 0. The lowest BCUT2D eigenvalue weighted by molar-refractivity contribution is 0.270. The molecule has 0 saturated carbocycles. The Balaban J connectivity index is 2.25. The van der Waals surface area contributed by atoms with Crippen LogP contribution in [0.5, 0.6) is 0 Å².